The average Bonchev–Trinajstić information content (AvgIpc) is 3.47. The molecule has 1 aromatic heterocycles. The average molecular weight is 515 g/mol. The number of hydrogen-bond donors (Lipinski definition) is 0. The quantitative estimate of drug-likeness (QED) is 0.309. The van der Waals surface area contributed by atoms with Crippen molar-refractivity contribution < 1.29 is 24.2 Å². The summed E-state index contributed by atoms with van der Waals surface area (Å²) in [6.45, 7) is 1.42. The summed E-state index contributed by atoms with van der Waals surface area (Å²) in [6, 6.07) is 24.4. The number of rotatable bonds is 8. The molecular weight excluding hydrogens is 486 g/mol. The summed E-state index contributed by atoms with van der Waals surface area (Å²) >= 11 is 1.47. The van der Waals surface area contributed by atoms with Gasteiger partial charge in [-0.25, -0.2) is 4.79 Å². The lowest BCUT2D eigenvalue weighted by molar-refractivity contribution is -0.268. The number of ether oxygens (including phenoxy) is 2. The number of esters is 1. The number of carboxylic acid groups (broad SMARTS) is 1. The van der Waals surface area contributed by atoms with Gasteiger partial charge in [-0.2, -0.15) is 11.3 Å². The van der Waals surface area contributed by atoms with Crippen LogP contribution in [0.5, 0.6) is 0 Å². The van der Waals surface area contributed by atoms with Gasteiger partial charge in [0.05, 0.1) is 24.9 Å². The minimum absolute atomic E-state index is 0.0709. The molecule has 6 nitrogen and oxygen atoms in total. The molecule has 0 aliphatic carbocycles. The lowest BCUT2D eigenvalue weighted by Gasteiger charge is -2.40. The molecule has 2 atom stereocenters. The van der Waals surface area contributed by atoms with Crippen molar-refractivity contribution in [3.05, 3.63) is 106 Å². The van der Waals surface area contributed by atoms with Crippen LogP contribution >= 0.6 is 11.3 Å². The third kappa shape index (κ3) is 6.18. The van der Waals surface area contributed by atoms with Gasteiger partial charge in [0, 0.05) is 30.8 Å². The second-order valence-corrected chi connectivity index (χ2v) is 10.1. The number of piperidine rings is 1. The molecule has 0 saturated carbocycles. The number of thiophene rings is 1. The van der Waals surface area contributed by atoms with E-state index in [4.69, 9.17) is 9.47 Å². The second-order valence-electron chi connectivity index (χ2n) is 9.28. The Morgan fingerprint density at radius 3 is 2.51 bits per heavy atom. The maximum absolute atomic E-state index is 12.0. The first-order valence-electron chi connectivity index (χ1n) is 12.4. The highest BCUT2D eigenvalue weighted by atomic mass is 32.1. The summed E-state index contributed by atoms with van der Waals surface area (Å²) in [7, 11) is 0. The van der Waals surface area contributed by atoms with E-state index in [0.29, 0.717) is 38.2 Å². The fourth-order valence-electron chi connectivity index (χ4n) is 4.82. The van der Waals surface area contributed by atoms with Crippen LogP contribution in [0.25, 0.3) is 10.8 Å². The Kier molecular flexibility index (Phi) is 7.82. The topological polar surface area (TPSA) is 78.9 Å². The highest BCUT2D eigenvalue weighted by Gasteiger charge is 2.31. The maximum atomic E-state index is 12.0. The minimum atomic E-state index is -1.16. The number of benzene rings is 3. The SMILES string of the molecule is O=C(OCCc1ccc(C2CCN(C(=O)[O-])CC2OCc2ccc3ccccc3c2)cc1)c1ccsc1. The van der Waals surface area contributed by atoms with Crippen LogP contribution in [0.15, 0.2) is 83.6 Å². The third-order valence-electron chi connectivity index (χ3n) is 6.88. The third-order valence-corrected chi connectivity index (χ3v) is 7.57. The molecule has 7 heteroatoms. The molecule has 5 rings (SSSR count). The van der Waals surface area contributed by atoms with Crippen molar-refractivity contribution in [3.8, 4) is 0 Å². The van der Waals surface area contributed by atoms with Crippen molar-refractivity contribution >= 4 is 34.2 Å². The number of likely N-dealkylation sites (tertiary alicyclic amines) is 1. The van der Waals surface area contributed by atoms with E-state index < -0.39 is 6.09 Å². The molecule has 0 radical (unpaired) electrons. The van der Waals surface area contributed by atoms with Gasteiger partial charge in [0.2, 0.25) is 0 Å². The van der Waals surface area contributed by atoms with Gasteiger partial charge < -0.3 is 24.3 Å². The molecule has 2 heterocycles. The monoisotopic (exact) mass is 514 g/mol. The molecule has 0 N–H and O–H groups in total. The molecule has 1 aliphatic rings. The summed E-state index contributed by atoms with van der Waals surface area (Å²) in [5.74, 6) is -0.231. The van der Waals surface area contributed by atoms with Crippen LogP contribution in [0.4, 0.5) is 4.79 Å². The first kappa shape index (κ1) is 25.0. The normalized spacial score (nSPS) is 17.6. The van der Waals surface area contributed by atoms with E-state index in [1.54, 1.807) is 11.4 Å². The molecule has 3 aromatic carbocycles. The van der Waals surface area contributed by atoms with Crippen molar-refractivity contribution in [1.82, 2.24) is 4.90 Å². The van der Waals surface area contributed by atoms with Crippen LogP contribution in [0.2, 0.25) is 0 Å². The number of nitrogens with zero attached hydrogens (tertiary/aromatic N) is 1. The van der Waals surface area contributed by atoms with Gasteiger partial charge in [-0.15, -0.1) is 0 Å². The van der Waals surface area contributed by atoms with Gasteiger partial charge in [0.1, 0.15) is 6.09 Å². The van der Waals surface area contributed by atoms with E-state index in [1.165, 1.54) is 21.6 Å². The Labute approximate surface area is 220 Å². The van der Waals surface area contributed by atoms with E-state index in [-0.39, 0.29) is 24.5 Å². The predicted molar refractivity (Wildman–Crippen MR) is 142 cm³/mol. The Bertz CT molecular complexity index is 1350. The number of amides is 1. The number of carbonyl (C=O) groups is 2. The fraction of sp³-hybridized carbons (Fsp3) is 0.267. The van der Waals surface area contributed by atoms with Crippen LogP contribution in [0, 0.1) is 0 Å². The van der Waals surface area contributed by atoms with Crippen LogP contribution in [-0.2, 0) is 22.5 Å². The Morgan fingerprint density at radius 1 is 0.973 bits per heavy atom. The van der Waals surface area contributed by atoms with Crippen molar-refractivity contribution in [2.75, 3.05) is 19.7 Å². The Morgan fingerprint density at radius 2 is 1.76 bits per heavy atom. The van der Waals surface area contributed by atoms with Gasteiger partial charge in [-0.05, 0) is 51.4 Å². The van der Waals surface area contributed by atoms with E-state index in [9.17, 15) is 14.7 Å². The number of carbonyl (C=O) groups excluding carboxylic acids is 2. The van der Waals surface area contributed by atoms with E-state index in [1.807, 2.05) is 29.6 Å². The number of hydrogen-bond acceptors (Lipinski definition) is 6. The molecule has 190 valence electrons. The summed E-state index contributed by atoms with van der Waals surface area (Å²) in [5.41, 5.74) is 3.82. The van der Waals surface area contributed by atoms with Crippen molar-refractivity contribution in [3.63, 3.8) is 0 Å². The first-order chi connectivity index (χ1) is 18.1. The van der Waals surface area contributed by atoms with Crippen LogP contribution < -0.4 is 5.11 Å². The summed E-state index contributed by atoms with van der Waals surface area (Å²) in [6.07, 6.45) is -0.157. The summed E-state index contributed by atoms with van der Waals surface area (Å²) in [4.78, 5) is 24.9. The zero-order valence-corrected chi connectivity index (χ0v) is 21.2. The molecule has 0 bridgehead atoms. The maximum Gasteiger partial charge on any atom is 0.338 e. The Hall–Kier alpha value is -3.68. The molecule has 37 heavy (non-hydrogen) atoms. The van der Waals surface area contributed by atoms with Gasteiger partial charge >= 0.3 is 5.97 Å². The first-order valence-corrected chi connectivity index (χ1v) is 13.3. The van der Waals surface area contributed by atoms with Crippen LogP contribution in [0.3, 0.4) is 0 Å². The van der Waals surface area contributed by atoms with E-state index in [0.717, 1.165) is 22.1 Å². The van der Waals surface area contributed by atoms with Crippen molar-refractivity contribution in [2.24, 2.45) is 0 Å². The molecule has 0 spiro atoms. The molecule has 1 saturated heterocycles. The minimum Gasteiger partial charge on any atom is -0.530 e. The zero-order valence-electron chi connectivity index (χ0n) is 20.4. The van der Waals surface area contributed by atoms with Gasteiger partial charge in [0.25, 0.3) is 0 Å². The second kappa shape index (κ2) is 11.6. The molecule has 4 aromatic rings. The molecule has 2 unspecified atom stereocenters. The molecule has 1 aliphatic heterocycles. The standard InChI is InChI=1S/C30H29NO5S/c32-29(26-13-16-37-20-26)35-15-12-21-5-9-24(10-6-21)27-11-14-31(30(33)34)18-28(27)36-19-22-7-8-23-3-1-2-4-25(23)17-22/h1-10,13,16-17,20,27-28H,11-12,14-15,18-19H2,(H,33,34)/p-1. The fourth-order valence-corrected chi connectivity index (χ4v) is 5.45. The van der Waals surface area contributed by atoms with E-state index in [2.05, 4.69) is 42.5 Å². The summed E-state index contributed by atoms with van der Waals surface area (Å²) in [5, 5.41) is 17.5. The van der Waals surface area contributed by atoms with Gasteiger partial charge in [0.15, 0.2) is 0 Å². The lowest BCUT2D eigenvalue weighted by atomic mass is 9.86. The number of fused-ring (bicyclic) bond motifs is 1. The molecule has 1 amide bonds. The largest absolute Gasteiger partial charge is 0.530 e. The highest BCUT2D eigenvalue weighted by molar-refractivity contribution is 7.08. The lowest BCUT2D eigenvalue weighted by Crippen LogP contribution is -2.51. The predicted octanol–water partition coefficient (Wildman–Crippen LogP) is 5.02. The van der Waals surface area contributed by atoms with Gasteiger partial charge in [-0.1, -0.05) is 60.7 Å². The highest BCUT2D eigenvalue weighted by Crippen LogP contribution is 2.31. The van der Waals surface area contributed by atoms with Crippen LogP contribution in [0.1, 0.15) is 39.4 Å². The smallest absolute Gasteiger partial charge is 0.338 e. The zero-order chi connectivity index (χ0) is 25.6. The molecular formula is C30H28NO5S-. The van der Waals surface area contributed by atoms with Crippen molar-refractivity contribution in [2.45, 2.75) is 31.5 Å². The molecule has 1 fully saturated rings. The summed E-state index contributed by atoms with van der Waals surface area (Å²) < 4.78 is 11.7. The Balaban J connectivity index is 1.22. The van der Waals surface area contributed by atoms with Crippen molar-refractivity contribution in [1.29, 1.82) is 0 Å². The van der Waals surface area contributed by atoms with E-state index >= 15 is 0 Å². The van der Waals surface area contributed by atoms with Gasteiger partial charge in [-0.3, -0.25) is 0 Å². The van der Waals surface area contributed by atoms with Crippen LogP contribution in [-0.4, -0.2) is 42.8 Å².